The van der Waals surface area contributed by atoms with Crippen LogP contribution in [0.5, 0.6) is 0 Å². The van der Waals surface area contributed by atoms with Crippen LogP contribution in [0.2, 0.25) is 0 Å². The molecular weight excluding hydrogens is 218 g/mol. The van der Waals surface area contributed by atoms with Crippen molar-refractivity contribution < 1.29 is 0 Å². The fourth-order valence-corrected chi connectivity index (χ4v) is 2.98. The molecule has 0 saturated carbocycles. The summed E-state index contributed by atoms with van der Waals surface area (Å²) in [4.78, 5) is 2.34. The number of fused-ring (bicyclic) bond motifs is 2. The first kappa shape index (κ1) is 11.3. The first-order chi connectivity index (χ1) is 8.58. The van der Waals surface area contributed by atoms with Crippen molar-refractivity contribution in [2.24, 2.45) is 0 Å². The van der Waals surface area contributed by atoms with Gasteiger partial charge in [-0.3, -0.25) is 0 Å². The van der Waals surface area contributed by atoms with Crippen LogP contribution in [-0.2, 0) is 6.42 Å². The van der Waals surface area contributed by atoms with Crippen LogP contribution in [-0.4, -0.2) is 7.05 Å². The molecule has 0 unspecified atom stereocenters. The molecule has 0 aromatic heterocycles. The number of hydrogen-bond donors (Lipinski definition) is 0. The first-order valence-electron chi connectivity index (χ1n) is 6.50. The van der Waals surface area contributed by atoms with Gasteiger partial charge in [-0.25, -0.2) is 0 Å². The quantitative estimate of drug-likeness (QED) is 0.661. The zero-order valence-electron chi connectivity index (χ0n) is 11.5. The van der Waals surface area contributed by atoms with Gasteiger partial charge in [0, 0.05) is 24.8 Å². The standard InChI is InChI=1S/C17H19N/c1-11-5-8-16-15(9-11)10-14-7-6-12(2)13(3)17(14)18(16)4/h5-9H,10H2,1-4H3. The van der Waals surface area contributed by atoms with Gasteiger partial charge >= 0.3 is 0 Å². The maximum Gasteiger partial charge on any atom is 0.0476 e. The molecule has 1 aliphatic heterocycles. The second kappa shape index (κ2) is 3.88. The van der Waals surface area contributed by atoms with Crippen molar-refractivity contribution in [3.63, 3.8) is 0 Å². The Labute approximate surface area is 109 Å². The van der Waals surface area contributed by atoms with Crippen LogP contribution in [0, 0.1) is 20.8 Å². The van der Waals surface area contributed by atoms with Gasteiger partial charge < -0.3 is 4.90 Å². The van der Waals surface area contributed by atoms with Gasteiger partial charge in [0.2, 0.25) is 0 Å². The van der Waals surface area contributed by atoms with Gasteiger partial charge in [-0.1, -0.05) is 29.8 Å². The predicted octanol–water partition coefficient (Wildman–Crippen LogP) is 4.28. The molecule has 92 valence electrons. The molecule has 2 aromatic rings. The first-order valence-corrected chi connectivity index (χ1v) is 6.50. The summed E-state index contributed by atoms with van der Waals surface area (Å²) >= 11 is 0. The smallest absolute Gasteiger partial charge is 0.0476 e. The summed E-state index contributed by atoms with van der Waals surface area (Å²) in [6.45, 7) is 6.58. The summed E-state index contributed by atoms with van der Waals surface area (Å²) in [5.74, 6) is 0. The Kier molecular flexibility index (Phi) is 2.44. The minimum atomic E-state index is 1.05. The van der Waals surface area contributed by atoms with Crippen LogP contribution in [0.1, 0.15) is 27.8 Å². The van der Waals surface area contributed by atoms with Crippen molar-refractivity contribution in [2.75, 3.05) is 11.9 Å². The van der Waals surface area contributed by atoms with E-state index < -0.39 is 0 Å². The van der Waals surface area contributed by atoms with Crippen LogP contribution in [0.25, 0.3) is 0 Å². The maximum absolute atomic E-state index is 2.34. The molecule has 0 saturated heterocycles. The number of anilines is 2. The summed E-state index contributed by atoms with van der Waals surface area (Å²) in [5, 5.41) is 0. The molecule has 1 heterocycles. The lowest BCUT2D eigenvalue weighted by Crippen LogP contribution is -2.20. The van der Waals surface area contributed by atoms with Crippen molar-refractivity contribution in [1.29, 1.82) is 0 Å². The van der Waals surface area contributed by atoms with E-state index in [0.29, 0.717) is 0 Å². The van der Waals surface area contributed by atoms with E-state index in [-0.39, 0.29) is 0 Å². The van der Waals surface area contributed by atoms with Crippen LogP contribution >= 0.6 is 0 Å². The van der Waals surface area contributed by atoms with Crippen molar-refractivity contribution in [3.8, 4) is 0 Å². The monoisotopic (exact) mass is 237 g/mol. The minimum absolute atomic E-state index is 1.05. The highest BCUT2D eigenvalue weighted by Gasteiger charge is 2.21. The Morgan fingerprint density at radius 2 is 1.72 bits per heavy atom. The number of benzene rings is 2. The summed E-state index contributed by atoms with van der Waals surface area (Å²) in [6.07, 6.45) is 1.05. The highest BCUT2D eigenvalue weighted by atomic mass is 15.1. The minimum Gasteiger partial charge on any atom is -0.344 e. The van der Waals surface area contributed by atoms with Crippen molar-refractivity contribution >= 4 is 11.4 Å². The highest BCUT2D eigenvalue weighted by Crippen LogP contribution is 2.40. The molecule has 0 spiro atoms. The van der Waals surface area contributed by atoms with Crippen molar-refractivity contribution in [2.45, 2.75) is 27.2 Å². The molecule has 0 radical (unpaired) electrons. The van der Waals surface area contributed by atoms with Gasteiger partial charge in [0.25, 0.3) is 0 Å². The summed E-state index contributed by atoms with van der Waals surface area (Å²) < 4.78 is 0. The van der Waals surface area contributed by atoms with E-state index >= 15 is 0 Å². The Hall–Kier alpha value is -1.76. The molecule has 0 amide bonds. The molecule has 1 aliphatic rings. The number of aryl methyl sites for hydroxylation is 2. The fourth-order valence-electron chi connectivity index (χ4n) is 2.98. The molecule has 0 aliphatic carbocycles. The van der Waals surface area contributed by atoms with E-state index in [1.165, 1.54) is 39.2 Å². The molecule has 2 aromatic carbocycles. The molecule has 1 heteroatoms. The van der Waals surface area contributed by atoms with Crippen molar-refractivity contribution in [3.05, 3.63) is 58.1 Å². The number of nitrogens with zero attached hydrogens (tertiary/aromatic N) is 1. The second-order valence-electron chi connectivity index (χ2n) is 5.38. The molecule has 18 heavy (non-hydrogen) atoms. The Morgan fingerprint density at radius 1 is 0.944 bits per heavy atom. The lowest BCUT2D eigenvalue weighted by molar-refractivity contribution is 1.03. The number of rotatable bonds is 0. The molecule has 0 fully saturated rings. The lowest BCUT2D eigenvalue weighted by Gasteiger charge is -2.32. The molecule has 0 atom stereocenters. The average Bonchev–Trinajstić information content (AvgIpc) is 2.33. The van der Waals surface area contributed by atoms with E-state index in [2.05, 4.69) is 63.1 Å². The molecule has 3 rings (SSSR count). The third-order valence-corrected chi connectivity index (χ3v) is 4.10. The molecule has 1 nitrogen and oxygen atoms in total. The van der Waals surface area contributed by atoms with E-state index in [1.807, 2.05) is 0 Å². The van der Waals surface area contributed by atoms with Gasteiger partial charge in [-0.15, -0.1) is 0 Å². The van der Waals surface area contributed by atoms with Crippen molar-refractivity contribution in [1.82, 2.24) is 0 Å². The summed E-state index contributed by atoms with van der Waals surface area (Å²) in [6, 6.07) is 11.3. The van der Waals surface area contributed by atoms with E-state index in [0.717, 1.165) is 6.42 Å². The predicted molar refractivity (Wildman–Crippen MR) is 78.0 cm³/mol. The van der Waals surface area contributed by atoms with Gasteiger partial charge in [-0.05, 0) is 49.1 Å². The van der Waals surface area contributed by atoms with Crippen LogP contribution < -0.4 is 4.90 Å². The SMILES string of the molecule is Cc1ccc2c(c1)Cc1ccc(C)c(C)c1N2C. The zero-order chi connectivity index (χ0) is 12.9. The van der Waals surface area contributed by atoms with Gasteiger partial charge in [-0.2, -0.15) is 0 Å². The Balaban J connectivity index is 2.22. The van der Waals surface area contributed by atoms with Gasteiger partial charge in [0.15, 0.2) is 0 Å². The van der Waals surface area contributed by atoms with Crippen LogP contribution in [0.4, 0.5) is 11.4 Å². The lowest BCUT2D eigenvalue weighted by atomic mass is 9.91. The largest absolute Gasteiger partial charge is 0.344 e. The topological polar surface area (TPSA) is 3.24 Å². The van der Waals surface area contributed by atoms with Gasteiger partial charge in [0.1, 0.15) is 0 Å². The normalized spacial score (nSPS) is 13.2. The van der Waals surface area contributed by atoms with E-state index in [1.54, 1.807) is 0 Å². The zero-order valence-corrected chi connectivity index (χ0v) is 11.5. The average molecular weight is 237 g/mol. The van der Waals surface area contributed by atoms with Gasteiger partial charge in [0.05, 0.1) is 0 Å². The Morgan fingerprint density at radius 3 is 2.50 bits per heavy atom. The Bertz CT molecular complexity index is 626. The van der Waals surface area contributed by atoms with E-state index in [9.17, 15) is 0 Å². The third kappa shape index (κ3) is 1.54. The van der Waals surface area contributed by atoms with E-state index in [4.69, 9.17) is 0 Å². The second-order valence-corrected chi connectivity index (χ2v) is 5.38. The third-order valence-electron chi connectivity index (χ3n) is 4.10. The molecular formula is C17H19N. The number of hydrogen-bond acceptors (Lipinski definition) is 1. The molecule has 0 N–H and O–H groups in total. The summed E-state index contributed by atoms with van der Waals surface area (Å²) in [7, 11) is 2.18. The highest BCUT2D eigenvalue weighted by molar-refractivity contribution is 5.77. The fraction of sp³-hybridized carbons (Fsp3) is 0.294. The van der Waals surface area contributed by atoms with Crippen LogP contribution in [0.15, 0.2) is 30.3 Å². The molecule has 0 bridgehead atoms. The van der Waals surface area contributed by atoms with Crippen LogP contribution in [0.3, 0.4) is 0 Å². The maximum atomic E-state index is 2.34. The summed E-state index contributed by atoms with van der Waals surface area (Å²) in [5.41, 5.74) is 9.74.